The van der Waals surface area contributed by atoms with E-state index in [1.54, 1.807) is 12.4 Å². The van der Waals surface area contributed by atoms with E-state index in [1.807, 2.05) is 24.3 Å². The van der Waals surface area contributed by atoms with Crippen molar-refractivity contribution in [1.29, 1.82) is 0 Å². The van der Waals surface area contributed by atoms with Gasteiger partial charge in [0.2, 0.25) is 0 Å². The zero-order valence-electron chi connectivity index (χ0n) is 12.3. The molecule has 0 spiro atoms. The van der Waals surface area contributed by atoms with Crippen LogP contribution in [0.2, 0.25) is 0 Å². The van der Waals surface area contributed by atoms with Gasteiger partial charge in [0.05, 0.1) is 6.54 Å². The Morgan fingerprint density at radius 1 is 1.33 bits per heavy atom. The molecule has 112 valence electrons. The van der Waals surface area contributed by atoms with Crippen molar-refractivity contribution >= 4 is 11.7 Å². The molecule has 2 rings (SSSR count). The lowest BCUT2D eigenvalue weighted by atomic mass is 10.1. The Labute approximate surface area is 124 Å². The first kappa shape index (κ1) is 15.1. The van der Waals surface area contributed by atoms with Crippen molar-refractivity contribution in [2.75, 3.05) is 11.9 Å². The fraction of sp³-hybridized carbons (Fsp3) is 0.333. The molecule has 0 aliphatic carbocycles. The van der Waals surface area contributed by atoms with Crippen LogP contribution in [0.15, 0.2) is 36.7 Å². The van der Waals surface area contributed by atoms with Crippen molar-refractivity contribution in [3.63, 3.8) is 0 Å². The molecule has 1 unspecified atom stereocenters. The van der Waals surface area contributed by atoms with Gasteiger partial charge in [0.25, 0.3) is 0 Å². The fourth-order valence-electron chi connectivity index (χ4n) is 2.01. The molecule has 6 nitrogen and oxygen atoms in total. The molecule has 0 fully saturated rings. The molecule has 1 atom stereocenters. The van der Waals surface area contributed by atoms with Gasteiger partial charge in [-0.05, 0) is 31.2 Å². The molecule has 0 aliphatic rings. The van der Waals surface area contributed by atoms with Crippen LogP contribution in [-0.4, -0.2) is 22.5 Å². The Bertz CT molecular complexity index is 550. The van der Waals surface area contributed by atoms with Crippen LogP contribution in [0.1, 0.15) is 31.3 Å². The average molecular weight is 287 g/mol. The second-order valence-corrected chi connectivity index (χ2v) is 4.74. The first-order valence-corrected chi connectivity index (χ1v) is 7.05. The van der Waals surface area contributed by atoms with Crippen molar-refractivity contribution in [3.8, 4) is 0 Å². The average Bonchev–Trinajstić information content (AvgIpc) is 2.99. The highest BCUT2D eigenvalue weighted by molar-refractivity contribution is 5.89. The van der Waals surface area contributed by atoms with Crippen molar-refractivity contribution in [2.45, 2.75) is 26.4 Å². The molecule has 0 bridgehead atoms. The van der Waals surface area contributed by atoms with Gasteiger partial charge in [-0.3, -0.25) is 0 Å². The quantitative estimate of drug-likeness (QED) is 0.658. The molecule has 0 aliphatic heterocycles. The Hall–Kier alpha value is -2.34. The van der Waals surface area contributed by atoms with E-state index in [2.05, 4.69) is 39.8 Å². The number of hydrogen-bond donors (Lipinski definition) is 4. The number of aromatic amines is 1. The summed E-state index contributed by atoms with van der Waals surface area (Å²) in [5.74, 6) is 0.722. The molecule has 0 saturated carbocycles. The highest BCUT2D eigenvalue weighted by Crippen LogP contribution is 2.15. The predicted molar refractivity (Wildman–Crippen MR) is 83.0 cm³/mol. The Morgan fingerprint density at radius 2 is 2.10 bits per heavy atom. The van der Waals surface area contributed by atoms with Crippen LogP contribution in [0.25, 0.3) is 0 Å². The maximum atomic E-state index is 11.8. The normalized spacial score (nSPS) is 11.9. The van der Waals surface area contributed by atoms with Gasteiger partial charge in [-0.1, -0.05) is 19.1 Å². The van der Waals surface area contributed by atoms with E-state index in [0.717, 1.165) is 18.1 Å². The number of benzene rings is 1. The van der Waals surface area contributed by atoms with Crippen molar-refractivity contribution in [1.82, 2.24) is 20.6 Å². The van der Waals surface area contributed by atoms with Gasteiger partial charge in [0.15, 0.2) is 0 Å². The molecule has 0 radical (unpaired) electrons. The molecule has 1 aromatic carbocycles. The summed E-state index contributed by atoms with van der Waals surface area (Å²) in [6.45, 7) is 5.49. The number of imidazole rings is 1. The number of urea groups is 1. The molecule has 4 N–H and O–H groups in total. The molecular weight excluding hydrogens is 266 g/mol. The van der Waals surface area contributed by atoms with Gasteiger partial charge in [-0.25, -0.2) is 9.78 Å². The molecule has 2 amide bonds. The molecule has 21 heavy (non-hydrogen) atoms. The van der Waals surface area contributed by atoms with E-state index < -0.39 is 0 Å². The third-order valence-corrected chi connectivity index (χ3v) is 3.15. The predicted octanol–water partition coefficient (Wildman–Crippen LogP) is 2.40. The molecule has 1 heterocycles. The maximum absolute atomic E-state index is 11.8. The first-order chi connectivity index (χ1) is 10.2. The minimum absolute atomic E-state index is 0.251. The van der Waals surface area contributed by atoms with Crippen LogP contribution in [0.5, 0.6) is 0 Å². The van der Waals surface area contributed by atoms with Crippen molar-refractivity contribution in [3.05, 3.63) is 48.0 Å². The van der Waals surface area contributed by atoms with Gasteiger partial charge in [0.1, 0.15) is 5.82 Å². The van der Waals surface area contributed by atoms with Crippen LogP contribution in [0, 0.1) is 0 Å². The molecule has 0 saturated heterocycles. The lowest BCUT2D eigenvalue weighted by Crippen LogP contribution is -2.28. The summed E-state index contributed by atoms with van der Waals surface area (Å²) in [5.41, 5.74) is 1.96. The fourth-order valence-corrected chi connectivity index (χ4v) is 2.01. The van der Waals surface area contributed by atoms with Crippen LogP contribution >= 0.6 is 0 Å². The Kier molecular flexibility index (Phi) is 5.34. The summed E-state index contributed by atoms with van der Waals surface area (Å²) in [5, 5.41) is 8.87. The summed E-state index contributed by atoms with van der Waals surface area (Å²) in [7, 11) is 0. The van der Waals surface area contributed by atoms with E-state index >= 15 is 0 Å². The number of hydrogen-bond acceptors (Lipinski definition) is 3. The second-order valence-electron chi connectivity index (χ2n) is 4.74. The smallest absolute Gasteiger partial charge is 0.319 e. The van der Waals surface area contributed by atoms with Gasteiger partial charge in [-0.15, -0.1) is 0 Å². The van der Waals surface area contributed by atoms with Crippen LogP contribution in [0.4, 0.5) is 10.5 Å². The highest BCUT2D eigenvalue weighted by Gasteiger charge is 2.05. The van der Waals surface area contributed by atoms with Crippen LogP contribution < -0.4 is 16.0 Å². The summed E-state index contributed by atoms with van der Waals surface area (Å²) in [6, 6.07) is 7.87. The van der Waals surface area contributed by atoms with E-state index in [-0.39, 0.29) is 6.03 Å². The molecule has 1 aromatic heterocycles. The number of rotatable bonds is 6. The summed E-state index contributed by atoms with van der Waals surface area (Å²) in [4.78, 5) is 18.7. The monoisotopic (exact) mass is 287 g/mol. The molecule has 6 heteroatoms. The summed E-state index contributed by atoms with van der Waals surface area (Å²) in [6.07, 6.45) is 3.37. The summed E-state index contributed by atoms with van der Waals surface area (Å²) >= 11 is 0. The van der Waals surface area contributed by atoms with Crippen LogP contribution in [0.3, 0.4) is 0 Å². The van der Waals surface area contributed by atoms with Gasteiger partial charge >= 0.3 is 6.03 Å². The second kappa shape index (κ2) is 7.44. The van der Waals surface area contributed by atoms with E-state index in [4.69, 9.17) is 0 Å². The number of nitrogens with zero attached hydrogens (tertiary/aromatic N) is 1. The third kappa shape index (κ3) is 4.61. The van der Waals surface area contributed by atoms with Crippen molar-refractivity contribution < 1.29 is 4.79 Å². The lowest BCUT2D eigenvalue weighted by Gasteiger charge is -2.13. The maximum Gasteiger partial charge on any atom is 0.319 e. The zero-order valence-corrected chi connectivity index (χ0v) is 12.3. The number of aromatic nitrogens is 2. The SMILES string of the molecule is CCNC(C)c1ccc(NC(=O)NCc2ncc[nH]2)cc1. The largest absolute Gasteiger partial charge is 0.347 e. The van der Waals surface area contributed by atoms with E-state index in [0.29, 0.717) is 12.6 Å². The van der Waals surface area contributed by atoms with Gasteiger partial charge < -0.3 is 20.9 Å². The zero-order chi connectivity index (χ0) is 15.1. The number of H-pyrrole nitrogens is 1. The lowest BCUT2D eigenvalue weighted by molar-refractivity contribution is 0.251. The van der Waals surface area contributed by atoms with Gasteiger partial charge in [0, 0.05) is 24.1 Å². The standard InChI is InChI=1S/C15H21N5O/c1-3-16-11(2)12-4-6-13(7-5-12)20-15(21)19-10-14-17-8-9-18-14/h4-9,11,16H,3,10H2,1-2H3,(H,17,18)(H2,19,20,21). The number of carbonyl (C=O) groups excluding carboxylic acids is 1. The number of anilines is 1. The Balaban J connectivity index is 1.83. The van der Waals surface area contributed by atoms with Crippen LogP contribution in [-0.2, 0) is 6.54 Å². The minimum Gasteiger partial charge on any atom is -0.347 e. The topological polar surface area (TPSA) is 81.8 Å². The summed E-state index contributed by atoms with van der Waals surface area (Å²) < 4.78 is 0. The number of carbonyl (C=O) groups is 1. The third-order valence-electron chi connectivity index (χ3n) is 3.15. The number of nitrogens with one attached hydrogen (secondary N) is 4. The van der Waals surface area contributed by atoms with Crippen molar-refractivity contribution in [2.24, 2.45) is 0 Å². The van der Waals surface area contributed by atoms with E-state index in [1.165, 1.54) is 5.56 Å². The van der Waals surface area contributed by atoms with E-state index in [9.17, 15) is 4.79 Å². The Morgan fingerprint density at radius 3 is 2.71 bits per heavy atom. The first-order valence-electron chi connectivity index (χ1n) is 7.05. The highest BCUT2D eigenvalue weighted by atomic mass is 16.2. The molecular formula is C15H21N5O. The molecule has 2 aromatic rings. The minimum atomic E-state index is -0.251. The number of amides is 2. The van der Waals surface area contributed by atoms with Gasteiger partial charge in [-0.2, -0.15) is 0 Å².